The summed E-state index contributed by atoms with van der Waals surface area (Å²) >= 11 is 3.46. The number of nitrogens with zero attached hydrogens (tertiary/aromatic N) is 1. The number of alkyl halides is 1. The second-order valence-corrected chi connectivity index (χ2v) is 13.5. The molecule has 0 amide bonds. The Morgan fingerprint density at radius 3 is 1.82 bits per heavy atom. The van der Waals surface area contributed by atoms with Crippen molar-refractivity contribution in [1.82, 2.24) is 0 Å². The van der Waals surface area contributed by atoms with E-state index < -0.39 is 0 Å². The molecule has 0 spiro atoms. The van der Waals surface area contributed by atoms with Gasteiger partial charge in [-0.3, -0.25) is 0 Å². The van der Waals surface area contributed by atoms with Crippen molar-refractivity contribution in [1.29, 1.82) is 0 Å². The molecule has 2 rings (SSSR count). The number of hydrogen-bond donors (Lipinski definition) is 0. The molecule has 0 aliphatic heterocycles. The van der Waals surface area contributed by atoms with Crippen LogP contribution in [0.3, 0.4) is 0 Å². The zero-order chi connectivity index (χ0) is 27.4. The summed E-state index contributed by atoms with van der Waals surface area (Å²) in [6.07, 6.45) is 4.25. The van der Waals surface area contributed by atoms with Gasteiger partial charge in [-0.15, -0.1) is 0 Å². The first-order valence-electron chi connectivity index (χ1n) is 13.8. The minimum atomic E-state index is 0. The minimum absolute atomic E-state index is 0. The Balaban J connectivity index is 0.00000722. The Hall–Kier alpha value is -1.08. The van der Waals surface area contributed by atoms with Crippen LogP contribution in [0.25, 0.3) is 0 Å². The van der Waals surface area contributed by atoms with Gasteiger partial charge in [0, 0.05) is 17.3 Å². The maximum atomic E-state index is 5.95. The lowest BCUT2D eigenvalue weighted by atomic mass is 9.72. The van der Waals surface area contributed by atoms with Crippen molar-refractivity contribution in [2.75, 3.05) is 52.4 Å². The highest BCUT2D eigenvalue weighted by molar-refractivity contribution is 9.09. The van der Waals surface area contributed by atoms with Gasteiger partial charge in [0.1, 0.15) is 24.6 Å². The van der Waals surface area contributed by atoms with Crippen molar-refractivity contribution in [2.45, 2.75) is 72.3 Å². The number of benzene rings is 2. The lowest BCUT2D eigenvalue weighted by Gasteiger charge is -2.33. The third-order valence-electron chi connectivity index (χ3n) is 6.48. The second kappa shape index (κ2) is 16.9. The first kappa shape index (κ1) is 34.9. The summed E-state index contributed by atoms with van der Waals surface area (Å²) in [7, 11) is 4.51. The molecule has 38 heavy (non-hydrogen) atoms. The number of hydrogen-bond acceptors (Lipinski definition) is 3. The number of halogens is 2. The molecule has 0 bridgehead atoms. The minimum Gasteiger partial charge on any atom is -1.00 e. The molecular formula is C32H51Br2NO3. The molecule has 0 aromatic heterocycles. The molecule has 4 nitrogen and oxygen atoms in total. The average Bonchev–Trinajstić information content (AvgIpc) is 2.81. The van der Waals surface area contributed by atoms with Gasteiger partial charge in [-0.05, 0) is 72.1 Å². The molecule has 2 aromatic carbocycles. The highest BCUT2D eigenvalue weighted by atomic mass is 79.9. The van der Waals surface area contributed by atoms with Gasteiger partial charge in [0.2, 0.25) is 0 Å². The van der Waals surface area contributed by atoms with Crippen LogP contribution < -0.4 is 26.5 Å². The maximum Gasteiger partial charge on any atom is 0.119 e. The fourth-order valence-corrected chi connectivity index (χ4v) is 5.24. The molecular weight excluding hydrogens is 606 g/mol. The van der Waals surface area contributed by atoms with E-state index in [-0.39, 0.29) is 22.4 Å². The first-order chi connectivity index (χ1) is 17.4. The SMILES string of the molecule is CC(C)(C)CC(C)(C)c1ccc(OCCCOCC[N+](C)(C)Cc2ccc(OCCCCBr)cc2)cc1.[Br-]. The molecule has 0 radical (unpaired) electrons. The molecule has 0 aliphatic carbocycles. The largest absolute Gasteiger partial charge is 1.00 e. The lowest BCUT2D eigenvalue weighted by Crippen LogP contribution is -3.00. The lowest BCUT2D eigenvalue weighted by molar-refractivity contribution is -0.904. The maximum absolute atomic E-state index is 5.95. The Kier molecular flexibility index (Phi) is 15.5. The smallest absolute Gasteiger partial charge is 0.119 e. The van der Waals surface area contributed by atoms with Crippen molar-refractivity contribution >= 4 is 15.9 Å². The first-order valence-corrected chi connectivity index (χ1v) is 14.9. The summed E-state index contributed by atoms with van der Waals surface area (Å²) in [6.45, 7) is 16.4. The molecule has 0 saturated heterocycles. The third-order valence-corrected chi connectivity index (χ3v) is 7.04. The van der Waals surface area contributed by atoms with Crippen molar-refractivity contribution in [3.8, 4) is 11.5 Å². The molecule has 0 N–H and O–H groups in total. The molecule has 0 unspecified atom stereocenters. The standard InChI is InChI=1S/C32H51BrNO3.BrH/c1-31(2,3)26-32(4,5)28-13-17-30(18-14-28)37-23-10-21-35-24-20-34(6,7)25-27-11-15-29(16-12-27)36-22-9-8-19-33;/h11-18H,8-10,19-26H2,1-7H3;1H/q+1;/p-1. The van der Waals surface area contributed by atoms with E-state index in [0.29, 0.717) is 12.0 Å². The normalized spacial score (nSPS) is 12.2. The van der Waals surface area contributed by atoms with Crippen molar-refractivity contribution in [2.24, 2.45) is 5.41 Å². The van der Waals surface area contributed by atoms with Gasteiger partial charge in [-0.1, -0.05) is 62.7 Å². The molecule has 2 aromatic rings. The Labute approximate surface area is 251 Å². The topological polar surface area (TPSA) is 27.7 Å². The highest BCUT2D eigenvalue weighted by Gasteiger charge is 2.27. The van der Waals surface area contributed by atoms with Gasteiger partial charge in [0.05, 0.1) is 40.5 Å². The van der Waals surface area contributed by atoms with Gasteiger partial charge < -0.3 is 35.7 Å². The Morgan fingerprint density at radius 1 is 0.711 bits per heavy atom. The van der Waals surface area contributed by atoms with Gasteiger partial charge in [-0.2, -0.15) is 0 Å². The molecule has 6 heteroatoms. The predicted molar refractivity (Wildman–Crippen MR) is 160 cm³/mol. The van der Waals surface area contributed by atoms with Gasteiger partial charge in [0.25, 0.3) is 0 Å². The van der Waals surface area contributed by atoms with Crippen LogP contribution in [-0.2, 0) is 16.7 Å². The van der Waals surface area contributed by atoms with Crippen molar-refractivity contribution < 1.29 is 35.7 Å². The van der Waals surface area contributed by atoms with Gasteiger partial charge in [-0.25, -0.2) is 0 Å². The van der Waals surface area contributed by atoms with E-state index in [1.54, 1.807) is 0 Å². The van der Waals surface area contributed by atoms with Crippen LogP contribution in [0.2, 0.25) is 0 Å². The van der Waals surface area contributed by atoms with Crippen LogP contribution in [0.15, 0.2) is 48.5 Å². The van der Waals surface area contributed by atoms with Crippen LogP contribution >= 0.6 is 15.9 Å². The van der Waals surface area contributed by atoms with E-state index in [9.17, 15) is 0 Å². The summed E-state index contributed by atoms with van der Waals surface area (Å²) in [5.74, 6) is 1.89. The Bertz CT molecular complexity index is 890. The average molecular weight is 658 g/mol. The second-order valence-electron chi connectivity index (χ2n) is 12.7. The monoisotopic (exact) mass is 655 g/mol. The van der Waals surface area contributed by atoms with Crippen LogP contribution in [0.4, 0.5) is 0 Å². The zero-order valence-electron chi connectivity index (χ0n) is 24.8. The molecule has 216 valence electrons. The third kappa shape index (κ3) is 14.3. The number of quaternary nitrogens is 1. The van der Waals surface area contributed by atoms with Crippen LogP contribution in [0.1, 0.15) is 71.4 Å². The molecule has 0 saturated carbocycles. The van der Waals surface area contributed by atoms with E-state index in [0.717, 1.165) is 79.9 Å². The Morgan fingerprint density at radius 2 is 1.26 bits per heavy atom. The molecule has 0 atom stereocenters. The van der Waals surface area contributed by atoms with Crippen LogP contribution in [0.5, 0.6) is 11.5 Å². The van der Waals surface area contributed by atoms with E-state index in [2.05, 4.69) is 113 Å². The quantitative estimate of drug-likeness (QED) is 0.136. The summed E-state index contributed by atoms with van der Waals surface area (Å²) in [5, 5.41) is 1.03. The fraction of sp³-hybridized carbons (Fsp3) is 0.625. The fourth-order valence-electron chi connectivity index (χ4n) is 4.85. The predicted octanol–water partition coefficient (Wildman–Crippen LogP) is 5.02. The van der Waals surface area contributed by atoms with Crippen LogP contribution in [0, 0.1) is 5.41 Å². The summed E-state index contributed by atoms with van der Waals surface area (Å²) < 4.78 is 18.6. The zero-order valence-corrected chi connectivity index (χ0v) is 28.0. The van der Waals surface area contributed by atoms with Gasteiger partial charge >= 0.3 is 0 Å². The van der Waals surface area contributed by atoms with Gasteiger partial charge in [0.15, 0.2) is 0 Å². The highest BCUT2D eigenvalue weighted by Crippen LogP contribution is 2.36. The van der Waals surface area contributed by atoms with E-state index in [1.165, 1.54) is 11.1 Å². The molecule has 0 heterocycles. The van der Waals surface area contributed by atoms with Crippen LogP contribution in [-0.4, -0.2) is 56.9 Å². The van der Waals surface area contributed by atoms with E-state index >= 15 is 0 Å². The van der Waals surface area contributed by atoms with Crippen molar-refractivity contribution in [3.63, 3.8) is 0 Å². The molecule has 0 fully saturated rings. The number of rotatable bonds is 17. The summed E-state index contributed by atoms with van der Waals surface area (Å²) in [5.41, 5.74) is 3.14. The molecule has 0 aliphatic rings. The number of ether oxygens (including phenoxy) is 3. The summed E-state index contributed by atoms with van der Waals surface area (Å²) in [6, 6.07) is 17.1. The number of unbranched alkanes of at least 4 members (excludes halogenated alkanes) is 1. The van der Waals surface area contributed by atoms with E-state index in [1.807, 2.05) is 0 Å². The van der Waals surface area contributed by atoms with Crippen molar-refractivity contribution in [3.05, 3.63) is 59.7 Å². The number of likely N-dealkylation sites (N-methyl/N-ethyl adjacent to an activating group) is 1. The van der Waals surface area contributed by atoms with E-state index in [4.69, 9.17) is 14.2 Å². The summed E-state index contributed by atoms with van der Waals surface area (Å²) in [4.78, 5) is 0.